The molecule has 4 nitrogen and oxygen atoms in total. The predicted molar refractivity (Wildman–Crippen MR) is 98.5 cm³/mol. The van der Waals surface area contributed by atoms with E-state index >= 15 is 0 Å². The molecule has 1 unspecified atom stereocenters. The first-order valence-electron chi connectivity index (χ1n) is 9.72. The number of benzene rings is 1. The van der Waals surface area contributed by atoms with E-state index in [0.29, 0.717) is 23.6 Å². The molecule has 2 fully saturated rings. The molecule has 2 aliphatic heterocycles. The van der Waals surface area contributed by atoms with Crippen LogP contribution in [0.3, 0.4) is 0 Å². The lowest BCUT2D eigenvalue weighted by atomic mass is 9.58. The number of likely N-dealkylation sites (N-methyl/N-ethyl adjacent to an activating group) is 1. The Kier molecular flexibility index (Phi) is 3.97. The maximum atomic E-state index is 11.6. The van der Waals surface area contributed by atoms with E-state index < -0.39 is 0 Å². The number of nitrogens with two attached hydrogens (primary N) is 1. The summed E-state index contributed by atoms with van der Waals surface area (Å²) in [6.45, 7) is 8.06. The number of likely N-dealkylation sites (tertiary alicyclic amines) is 1. The largest absolute Gasteiger partial charge is 0.372 e. The lowest BCUT2D eigenvalue weighted by molar-refractivity contribution is -0.946. The van der Waals surface area contributed by atoms with Crippen molar-refractivity contribution in [1.29, 1.82) is 0 Å². The van der Waals surface area contributed by atoms with Crippen LogP contribution in [-0.4, -0.2) is 49.3 Å². The van der Waals surface area contributed by atoms with Crippen LogP contribution in [0.25, 0.3) is 0 Å². The molecule has 1 aromatic rings. The highest BCUT2D eigenvalue weighted by Gasteiger charge is 2.55. The summed E-state index contributed by atoms with van der Waals surface area (Å²) < 4.78 is 7.09. The van der Waals surface area contributed by atoms with Crippen molar-refractivity contribution in [2.24, 2.45) is 11.7 Å². The minimum Gasteiger partial charge on any atom is -0.372 e. The zero-order valence-corrected chi connectivity index (χ0v) is 15.8. The van der Waals surface area contributed by atoms with Crippen LogP contribution in [0.4, 0.5) is 0 Å². The molecule has 0 saturated carbocycles. The zero-order chi connectivity index (χ0) is 17.8. The van der Waals surface area contributed by atoms with Crippen molar-refractivity contribution in [3.63, 3.8) is 0 Å². The SMILES string of the molecule is C[C@H]1[C@H]2Cc3ccc(C(N)=O)cc3[C@]1(C)CC[N+]2(C)C[C@@H]1CCCO1. The minimum atomic E-state index is -0.323. The minimum absolute atomic E-state index is 0.137. The fraction of sp³-hybridized carbons (Fsp3) is 0.667. The molecule has 136 valence electrons. The summed E-state index contributed by atoms with van der Waals surface area (Å²) >= 11 is 0. The van der Waals surface area contributed by atoms with Gasteiger partial charge in [0.2, 0.25) is 5.91 Å². The molecule has 5 atom stereocenters. The Morgan fingerprint density at radius 2 is 2.24 bits per heavy atom. The number of fused-ring (bicyclic) bond motifs is 4. The van der Waals surface area contributed by atoms with Crippen molar-refractivity contribution in [3.8, 4) is 0 Å². The van der Waals surface area contributed by atoms with Gasteiger partial charge in [0.25, 0.3) is 0 Å². The number of carbonyl (C=O) groups excluding carboxylic acids is 1. The Hall–Kier alpha value is -1.39. The van der Waals surface area contributed by atoms with Gasteiger partial charge in [-0.3, -0.25) is 4.79 Å². The van der Waals surface area contributed by atoms with Crippen LogP contribution in [0.15, 0.2) is 18.2 Å². The molecule has 4 rings (SSSR count). The summed E-state index contributed by atoms with van der Waals surface area (Å²) in [6.07, 6.45) is 5.10. The Labute approximate surface area is 150 Å². The fourth-order valence-electron chi connectivity index (χ4n) is 5.77. The Morgan fingerprint density at radius 3 is 2.92 bits per heavy atom. The van der Waals surface area contributed by atoms with Gasteiger partial charge >= 0.3 is 0 Å². The fourth-order valence-corrected chi connectivity index (χ4v) is 5.77. The summed E-state index contributed by atoms with van der Waals surface area (Å²) in [4.78, 5) is 11.6. The van der Waals surface area contributed by atoms with E-state index in [1.165, 1.54) is 30.5 Å². The van der Waals surface area contributed by atoms with Crippen LogP contribution >= 0.6 is 0 Å². The molecule has 1 aliphatic carbocycles. The number of piperidine rings is 1. The summed E-state index contributed by atoms with van der Waals surface area (Å²) in [7, 11) is 2.44. The maximum Gasteiger partial charge on any atom is 0.248 e. The standard InChI is InChI=1S/C21H30N2O2/c1-14-19-12-15-6-7-16(20(22)24)11-18(15)21(14,2)8-9-23(19,3)13-17-5-4-10-25-17/h6-7,11,14,17,19H,4-5,8-10,12-13H2,1-3H3,(H-,22,24)/p+1/t14-,17-,19+,21+,23?/m0/s1. The summed E-state index contributed by atoms with van der Waals surface area (Å²) in [5.74, 6) is 0.263. The van der Waals surface area contributed by atoms with Gasteiger partial charge in [-0.1, -0.05) is 19.9 Å². The molecule has 1 aromatic carbocycles. The van der Waals surface area contributed by atoms with Crippen LogP contribution in [0.2, 0.25) is 0 Å². The summed E-state index contributed by atoms with van der Waals surface area (Å²) in [5, 5.41) is 0. The van der Waals surface area contributed by atoms with Crippen molar-refractivity contribution in [2.75, 3.05) is 26.7 Å². The molecule has 0 radical (unpaired) electrons. The van der Waals surface area contributed by atoms with Gasteiger partial charge in [-0.2, -0.15) is 0 Å². The van der Waals surface area contributed by atoms with Gasteiger partial charge in [0.05, 0.1) is 19.6 Å². The average Bonchev–Trinajstić information content (AvgIpc) is 3.07. The van der Waals surface area contributed by atoms with Gasteiger partial charge in [0.15, 0.2) is 0 Å². The number of amides is 1. The highest BCUT2D eigenvalue weighted by molar-refractivity contribution is 5.93. The number of rotatable bonds is 3. The van der Waals surface area contributed by atoms with Crippen LogP contribution < -0.4 is 5.73 Å². The number of nitrogens with zero attached hydrogens (tertiary/aromatic N) is 1. The van der Waals surface area contributed by atoms with E-state index in [2.05, 4.69) is 33.0 Å². The molecule has 2 N–H and O–H groups in total. The number of carbonyl (C=O) groups is 1. The van der Waals surface area contributed by atoms with E-state index in [1.54, 1.807) is 0 Å². The number of hydrogen-bond donors (Lipinski definition) is 1. The molecular weight excluding hydrogens is 312 g/mol. The smallest absolute Gasteiger partial charge is 0.248 e. The van der Waals surface area contributed by atoms with Crippen molar-refractivity contribution in [2.45, 2.75) is 57.1 Å². The first-order valence-corrected chi connectivity index (χ1v) is 9.72. The van der Waals surface area contributed by atoms with Crippen LogP contribution in [-0.2, 0) is 16.6 Å². The molecule has 2 saturated heterocycles. The lowest BCUT2D eigenvalue weighted by Crippen LogP contribution is -2.68. The van der Waals surface area contributed by atoms with Gasteiger partial charge in [-0.25, -0.2) is 0 Å². The quantitative estimate of drug-likeness (QED) is 0.858. The second kappa shape index (κ2) is 5.82. The van der Waals surface area contributed by atoms with Crippen LogP contribution in [0, 0.1) is 5.92 Å². The molecule has 3 aliphatic rings. The molecule has 2 heterocycles. The van der Waals surface area contributed by atoms with Gasteiger partial charge < -0.3 is 15.0 Å². The van der Waals surface area contributed by atoms with Gasteiger partial charge in [0, 0.05) is 36.3 Å². The molecule has 0 aromatic heterocycles. The number of primary amides is 1. The van der Waals surface area contributed by atoms with E-state index in [-0.39, 0.29) is 11.3 Å². The predicted octanol–water partition coefficient (Wildman–Crippen LogP) is 2.63. The molecular formula is C21H31N2O2+. The third-order valence-electron chi connectivity index (χ3n) is 7.61. The van der Waals surface area contributed by atoms with E-state index in [0.717, 1.165) is 30.5 Å². The van der Waals surface area contributed by atoms with Gasteiger partial charge in [0.1, 0.15) is 12.6 Å². The summed E-state index contributed by atoms with van der Waals surface area (Å²) in [5.41, 5.74) is 9.08. The Morgan fingerprint density at radius 1 is 1.44 bits per heavy atom. The second-order valence-electron chi connectivity index (χ2n) is 8.98. The van der Waals surface area contributed by atoms with Gasteiger partial charge in [-0.15, -0.1) is 0 Å². The first-order chi connectivity index (χ1) is 11.8. The normalized spacial score (nSPS) is 39.9. The van der Waals surface area contributed by atoms with E-state index in [9.17, 15) is 4.79 Å². The lowest BCUT2D eigenvalue weighted by Gasteiger charge is -2.58. The first kappa shape index (κ1) is 17.0. The van der Waals surface area contributed by atoms with Crippen molar-refractivity contribution >= 4 is 5.91 Å². The zero-order valence-electron chi connectivity index (χ0n) is 15.8. The molecule has 1 amide bonds. The van der Waals surface area contributed by atoms with Crippen molar-refractivity contribution in [1.82, 2.24) is 0 Å². The number of hydrogen-bond acceptors (Lipinski definition) is 2. The highest BCUT2D eigenvalue weighted by Crippen LogP contribution is 2.50. The van der Waals surface area contributed by atoms with Crippen LogP contribution in [0.1, 0.15) is 54.6 Å². The third-order valence-corrected chi connectivity index (χ3v) is 7.61. The van der Waals surface area contributed by atoms with E-state index in [4.69, 9.17) is 10.5 Å². The number of quaternary nitrogens is 1. The monoisotopic (exact) mass is 343 g/mol. The molecule has 2 bridgehead atoms. The second-order valence-corrected chi connectivity index (χ2v) is 8.98. The topological polar surface area (TPSA) is 52.3 Å². The number of ether oxygens (including phenoxy) is 1. The average molecular weight is 343 g/mol. The molecule has 25 heavy (non-hydrogen) atoms. The van der Waals surface area contributed by atoms with Crippen molar-refractivity contribution < 1.29 is 14.0 Å². The van der Waals surface area contributed by atoms with Gasteiger partial charge in [-0.05, 0) is 36.1 Å². The molecule has 0 spiro atoms. The highest BCUT2D eigenvalue weighted by atomic mass is 16.5. The van der Waals surface area contributed by atoms with E-state index in [1.807, 2.05) is 6.07 Å². The molecule has 4 heteroatoms. The third kappa shape index (κ3) is 2.61. The van der Waals surface area contributed by atoms with Crippen molar-refractivity contribution in [3.05, 3.63) is 34.9 Å². The Bertz CT molecular complexity index is 697. The Balaban J connectivity index is 1.69. The summed E-state index contributed by atoms with van der Waals surface area (Å²) in [6, 6.07) is 6.74. The van der Waals surface area contributed by atoms with Crippen LogP contribution in [0.5, 0.6) is 0 Å². The maximum absolute atomic E-state index is 11.6.